The van der Waals surface area contributed by atoms with Gasteiger partial charge >= 0.3 is 0 Å². The molecule has 11 aromatic rings. The zero-order valence-electron chi connectivity index (χ0n) is 40.5. The number of halogens is 2. The van der Waals surface area contributed by atoms with E-state index in [2.05, 4.69) is 172 Å². The van der Waals surface area contributed by atoms with Crippen LogP contribution < -0.4 is 0 Å². The van der Waals surface area contributed by atoms with Crippen LogP contribution >= 0.6 is 0 Å². The molecule has 0 aliphatic heterocycles. The maximum atomic E-state index is 17.6. The lowest BCUT2D eigenvalue weighted by Crippen LogP contribution is -2.08. The first-order chi connectivity index (χ1) is 33.2. The molecule has 0 fully saturated rings. The van der Waals surface area contributed by atoms with E-state index < -0.39 is 17.2 Å². The third-order valence-corrected chi connectivity index (χ3v) is 14.3. The molecular formula is C64H51F2N3. The van der Waals surface area contributed by atoms with E-state index in [-0.39, 0.29) is 11.4 Å². The summed E-state index contributed by atoms with van der Waals surface area (Å²) in [7, 11) is 0. The minimum Gasteiger partial charge on any atom is -0.306 e. The molecule has 2 heterocycles. The van der Waals surface area contributed by atoms with Gasteiger partial charge in [-0.2, -0.15) is 5.26 Å². The van der Waals surface area contributed by atoms with E-state index in [1.165, 1.54) is 38.9 Å². The van der Waals surface area contributed by atoms with Crippen molar-refractivity contribution in [2.24, 2.45) is 0 Å². The van der Waals surface area contributed by atoms with Crippen LogP contribution in [0.3, 0.4) is 0 Å². The topological polar surface area (TPSA) is 33.6 Å². The lowest BCUT2D eigenvalue weighted by atomic mass is 9.92. The first kappa shape index (κ1) is 43.5. The Balaban J connectivity index is 1.23. The highest BCUT2D eigenvalue weighted by Crippen LogP contribution is 2.44. The average Bonchev–Trinajstić information content (AvgIpc) is 3.80. The number of nitriles is 1. The van der Waals surface area contributed by atoms with E-state index in [1.54, 1.807) is 6.07 Å². The molecule has 0 aliphatic carbocycles. The zero-order chi connectivity index (χ0) is 48.2. The highest BCUT2D eigenvalue weighted by molar-refractivity contribution is 6.13. The number of aryl methyl sites for hydroxylation is 9. The third kappa shape index (κ3) is 6.96. The predicted octanol–water partition coefficient (Wildman–Crippen LogP) is 17.5. The smallest absolute Gasteiger partial charge is 0.168 e. The first-order valence-electron chi connectivity index (χ1n) is 23.6. The normalized spacial score (nSPS) is 11.7. The van der Waals surface area contributed by atoms with Gasteiger partial charge in [0.05, 0.1) is 33.4 Å². The van der Waals surface area contributed by atoms with E-state index >= 15 is 8.78 Å². The number of aromatic nitrogens is 2. The van der Waals surface area contributed by atoms with Crippen molar-refractivity contribution in [1.29, 1.82) is 5.26 Å². The maximum absolute atomic E-state index is 17.6. The van der Waals surface area contributed by atoms with Crippen LogP contribution in [0, 0.1) is 85.3 Å². The van der Waals surface area contributed by atoms with E-state index in [9.17, 15) is 5.26 Å². The van der Waals surface area contributed by atoms with E-state index in [1.807, 2.05) is 45.5 Å². The second-order valence-electron chi connectivity index (χ2n) is 19.3. The Morgan fingerprint density at radius 3 is 1.12 bits per heavy atom. The zero-order valence-corrected chi connectivity index (χ0v) is 40.5. The van der Waals surface area contributed by atoms with Gasteiger partial charge in [0, 0.05) is 21.5 Å². The summed E-state index contributed by atoms with van der Waals surface area (Å²) in [6.07, 6.45) is 0. The van der Waals surface area contributed by atoms with Crippen molar-refractivity contribution < 1.29 is 8.78 Å². The summed E-state index contributed by atoms with van der Waals surface area (Å²) in [6, 6.07) is 52.2. The van der Waals surface area contributed by atoms with Gasteiger partial charge in [0.15, 0.2) is 11.6 Å². The minimum absolute atomic E-state index is 0.0857. The second kappa shape index (κ2) is 16.3. The molecule has 2 aromatic heterocycles. The summed E-state index contributed by atoms with van der Waals surface area (Å²) in [5.41, 5.74) is 21.5. The summed E-state index contributed by atoms with van der Waals surface area (Å²) in [6.45, 7) is 19.1. The molecule has 0 saturated carbocycles. The SMILES string of the molecule is Cc1cc(C)c(-c2ccc3c(c2)c2ccc(-c4ccccc4)cc2n3-c2cc(-n3c4ccc(-c5c(C)cc(C)cc5C)cc4c4ccc(-c5c(C)cc(C)cc5C)cc43)c(F)c(C#N)c2F)c(C)c1. The Morgan fingerprint density at radius 1 is 0.348 bits per heavy atom. The van der Waals surface area contributed by atoms with Gasteiger partial charge in [-0.05, 0) is 183 Å². The summed E-state index contributed by atoms with van der Waals surface area (Å²) in [5, 5.41) is 14.5. The molecule has 0 saturated heterocycles. The Morgan fingerprint density at radius 2 is 0.710 bits per heavy atom. The van der Waals surface area contributed by atoms with Gasteiger partial charge in [-0.3, -0.25) is 0 Å². The van der Waals surface area contributed by atoms with Crippen LogP contribution in [0.15, 0.2) is 146 Å². The van der Waals surface area contributed by atoms with Gasteiger partial charge < -0.3 is 9.13 Å². The van der Waals surface area contributed by atoms with Gasteiger partial charge in [0.25, 0.3) is 0 Å². The predicted molar refractivity (Wildman–Crippen MR) is 284 cm³/mol. The molecule has 0 radical (unpaired) electrons. The van der Waals surface area contributed by atoms with Crippen molar-refractivity contribution in [3.8, 4) is 62.0 Å². The number of fused-ring (bicyclic) bond motifs is 6. The van der Waals surface area contributed by atoms with Crippen LogP contribution in [-0.2, 0) is 0 Å². The Kier molecular flexibility index (Phi) is 10.3. The average molecular weight is 900 g/mol. The minimum atomic E-state index is -0.920. The molecule has 11 rings (SSSR count). The number of rotatable bonds is 6. The first-order valence-corrected chi connectivity index (χ1v) is 23.6. The second-order valence-corrected chi connectivity index (χ2v) is 19.3. The molecule has 0 amide bonds. The van der Waals surface area contributed by atoms with E-state index in [4.69, 9.17) is 0 Å². The number of nitrogens with zero attached hydrogens (tertiary/aromatic N) is 3. The fourth-order valence-electron chi connectivity index (χ4n) is 11.8. The van der Waals surface area contributed by atoms with Gasteiger partial charge in [0.2, 0.25) is 0 Å². The molecule has 0 spiro atoms. The number of benzene rings is 9. The van der Waals surface area contributed by atoms with Crippen molar-refractivity contribution in [2.75, 3.05) is 0 Å². The van der Waals surface area contributed by atoms with Crippen LogP contribution in [0.4, 0.5) is 8.78 Å². The molecular weight excluding hydrogens is 849 g/mol. The summed E-state index contributed by atoms with van der Waals surface area (Å²) >= 11 is 0. The van der Waals surface area contributed by atoms with Gasteiger partial charge in [-0.1, -0.05) is 120 Å². The molecule has 0 atom stereocenters. The van der Waals surface area contributed by atoms with E-state index in [0.29, 0.717) is 0 Å². The number of hydrogen-bond acceptors (Lipinski definition) is 1. The van der Waals surface area contributed by atoms with Crippen LogP contribution in [0.5, 0.6) is 0 Å². The van der Waals surface area contributed by atoms with Gasteiger partial charge in [0.1, 0.15) is 11.6 Å². The Bertz CT molecular complexity index is 3960. The largest absolute Gasteiger partial charge is 0.306 e. The van der Waals surface area contributed by atoms with Gasteiger partial charge in [-0.15, -0.1) is 0 Å². The third-order valence-electron chi connectivity index (χ3n) is 14.3. The molecule has 5 heteroatoms. The van der Waals surface area contributed by atoms with Crippen LogP contribution in [0.1, 0.15) is 55.6 Å². The maximum Gasteiger partial charge on any atom is 0.168 e. The van der Waals surface area contributed by atoms with Crippen molar-refractivity contribution in [1.82, 2.24) is 9.13 Å². The van der Waals surface area contributed by atoms with Crippen molar-refractivity contribution in [3.63, 3.8) is 0 Å². The highest BCUT2D eigenvalue weighted by Gasteiger charge is 2.27. The van der Waals surface area contributed by atoms with Crippen molar-refractivity contribution in [2.45, 2.75) is 62.3 Å². The van der Waals surface area contributed by atoms with Crippen LogP contribution in [0.25, 0.3) is 99.5 Å². The Labute approximate surface area is 402 Å². The van der Waals surface area contributed by atoms with Crippen molar-refractivity contribution in [3.05, 3.63) is 213 Å². The molecule has 9 aromatic carbocycles. The van der Waals surface area contributed by atoms with Crippen LogP contribution in [-0.4, -0.2) is 9.13 Å². The van der Waals surface area contributed by atoms with Crippen molar-refractivity contribution >= 4 is 43.6 Å². The summed E-state index contributed by atoms with van der Waals surface area (Å²) in [5.74, 6) is -1.84. The van der Waals surface area contributed by atoms with Gasteiger partial charge in [-0.25, -0.2) is 8.78 Å². The monoisotopic (exact) mass is 899 g/mol. The molecule has 0 bridgehead atoms. The fourth-order valence-corrected chi connectivity index (χ4v) is 11.8. The highest BCUT2D eigenvalue weighted by atomic mass is 19.1. The molecule has 0 N–H and O–H groups in total. The molecule has 336 valence electrons. The quantitative estimate of drug-likeness (QED) is 0.164. The molecule has 0 unspecified atom stereocenters. The standard InChI is InChI=1S/C64H51F2N3/c1-35-23-38(4)60(39(5)24-35)46-17-21-54-51(29-46)49-19-15-45(44-13-11-10-12-14-44)31-56(49)68(54)58-33-59(64(66)53(34-67)63(58)65)69-55-22-18-47(61-40(6)25-36(2)26-41(61)7)30-52(55)50-20-16-48(32-57(50)69)62-42(8)27-37(3)28-43(62)9/h10-33H,1-9H3. The Hall–Kier alpha value is -8.07. The molecule has 0 aliphatic rings. The summed E-state index contributed by atoms with van der Waals surface area (Å²) in [4.78, 5) is 0. The lowest BCUT2D eigenvalue weighted by Gasteiger charge is -2.17. The fraction of sp³-hybridized carbons (Fsp3) is 0.141. The molecule has 69 heavy (non-hydrogen) atoms. The summed E-state index contributed by atoms with van der Waals surface area (Å²) < 4.78 is 39.0. The molecule has 3 nitrogen and oxygen atoms in total. The van der Waals surface area contributed by atoms with Crippen LogP contribution in [0.2, 0.25) is 0 Å². The lowest BCUT2D eigenvalue weighted by molar-refractivity contribution is 0.569. The van der Waals surface area contributed by atoms with E-state index in [0.717, 1.165) is 99.2 Å². The number of hydrogen-bond donors (Lipinski definition) is 0.